The molecule has 112 valence electrons. The summed E-state index contributed by atoms with van der Waals surface area (Å²) >= 11 is 0. The second-order valence-electron chi connectivity index (χ2n) is 5.11. The molecule has 0 fully saturated rings. The van der Waals surface area contributed by atoms with Crippen LogP contribution in [0.3, 0.4) is 0 Å². The van der Waals surface area contributed by atoms with Crippen molar-refractivity contribution in [3.8, 4) is 11.5 Å². The lowest BCUT2D eigenvalue weighted by Crippen LogP contribution is -2.24. The Balaban J connectivity index is 2.33. The molecule has 0 spiro atoms. The lowest BCUT2D eigenvalue weighted by Gasteiger charge is -2.25. The zero-order valence-corrected chi connectivity index (χ0v) is 12.4. The van der Waals surface area contributed by atoms with Gasteiger partial charge in [-0.05, 0) is 36.2 Å². The highest BCUT2D eigenvalue weighted by molar-refractivity contribution is 5.44. The summed E-state index contributed by atoms with van der Waals surface area (Å²) in [6.45, 7) is 1.65. The van der Waals surface area contributed by atoms with Gasteiger partial charge in [0.1, 0.15) is 5.82 Å². The lowest BCUT2D eigenvalue weighted by molar-refractivity contribution is 0.0564. The molecule has 0 heterocycles. The first-order chi connectivity index (χ1) is 9.97. The van der Waals surface area contributed by atoms with Crippen LogP contribution in [0, 0.1) is 5.82 Å². The molecular formula is C17H19FO3. The van der Waals surface area contributed by atoms with Crippen LogP contribution in [0.4, 0.5) is 4.39 Å². The summed E-state index contributed by atoms with van der Waals surface area (Å²) in [4.78, 5) is 0. The minimum absolute atomic E-state index is 0.176. The zero-order chi connectivity index (χ0) is 15.5. The van der Waals surface area contributed by atoms with E-state index in [-0.39, 0.29) is 12.2 Å². The lowest BCUT2D eigenvalue weighted by atomic mass is 9.88. The van der Waals surface area contributed by atoms with Crippen molar-refractivity contribution in [2.24, 2.45) is 0 Å². The molecule has 1 atom stereocenters. The summed E-state index contributed by atoms with van der Waals surface area (Å²) < 4.78 is 24.2. The second kappa shape index (κ2) is 6.14. The highest BCUT2D eigenvalue weighted by atomic mass is 19.1. The van der Waals surface area contributed by atoms with Crippen molar-refractivity contribution < 1.29 is 19.0 Å². The van der Waals surface area contributed by atoms with Crippen molar-refractivity contribution in [2.75, 3.05) is 14.2 Å². The number of rotatable bonds is 5. The molecule has 4 heteroatoms. The molecule has 0 saturated carbocycles. The van der Waals surface area contributed by atoms with E-state index in [1.54, 1.807) is 50.4 Å². The molecule has 0 bridgehead atoms. The molecule has 1 unspecified atom stereocenters. The van der Waals surface area contributed by atoms with Crippen molar-refractivity contribution in [2.45, 2.75) is 18.9 Å². The number of benzene rings is 2. The number of methoxy groups -OCH3 is 2. The van der Waals surface area contributed by atoms with Crippen LogP contribution in [0.15, 0.2) is 42.5 Å². The van der Waals surface area contributed by atoms with Gasteiger partial charge in [0.15, 0.2) is 11.5 Å². The summed E-state index contributed by atoms with van der Waals surface area (Å²) in [5.74, 6) is 0.796. The molecule has 1 N–H and O–H groups in total. The summed E-state index contributed by atoms with van der Waals surface area (Å²) in [6, 6.07) is 11.6. The van der Waals surface area contributed by atoms with Gasteiger partial charge in [-0.3, -0.25) is 0 Å². The van der Waals surface area contributed by atoms with Crippen LogP contribution < -0.4 is 9.47 Å². The highest BCUT2D eigenvalue weighted by Gasteiger charge is 2.26. The SMILES string of the molecule is COc1ccc(C(C)(O)Cc2ccccc2F)cc1OC. The van der Waals surface area contributed by atoms with E-state index >= 15 is 0 Å². The Morgan fingerprint density at radius 3 is 2.33 bits per heavy atom. The van der Waals surface area contributed by atoms with Crippen LogP contribution in [0.25, 0.3) is 0 Å². The van der Waals surface area contributed by atoms with Gasteiger partial charge in [-0.25, -0.2) is 4.39 Å². The number of ether oxygens (including phenoxy) is 2. The number of halogens is 1. The molecule has 0 aliphatic heterocycles. The minimum Gasteiger partial charge on any atom is -0.493 e. The molecule has 0 aliphatic carbocycles. The maximum Gasteiger partial charge on any atom is 0.161 e. The summed E-state index contributed by atoms with van der Waals surface area (Å²) in [5.41, 5.74) is -0.0949. The Bertz CT molecular complexity index is 623. The average Bonchev–Trinajstić information content (AvgIpc) is 2.48. The van der Waals surface area contributed by atoms with Gasteiger partial charge in [0, 0.05) is 6.42 Å². The van der Waals surface area contributed by atoms with E-state index in [0.717, 1.165) is 0 Å². The smallest absolute Gasteiger partial charge is 0.161 e. The summed E-state index contributed by atoms with van der Waals surface area (Å²) in [6.07, 6.45) is 0.176. The fourth-order valence-corrected chi connectivity index (χ4v) is 2.29. The van der Waals surface area contributed by atoms with E-state index in [2.05, 4.69) is 0 Å². The van der Waals surface area contributed by atoms with Crippen molar-refractivity contribution in [3.63, 3.8) is 0 Å². The topological polar surface area (TPSA) is 38.7 Å². The quantitative estimate of drug-likeness (QED) is 0.918. The maximum absolute atomic E-state index is 13.7. The van der Waals surface area contributed by atoms with Gasteiger partial charge in [-0.15, -0.1) is 0 Å². The van der Waals surface area contributed by atoms with Crippen molar-refractivity contribution in [1.82, 2.24) is 0 Å². The molecule has 2 rings (SSSR count). The van der Waals surface area contributed by atoms with Gasteiger partial charge in [-0.2, -0.15) is 0 Å². The first-order valence-electron chi connectivity index (χ1n) is 6.66. The number of hydrogen-bond acceptors (Lipinski definition) is 3. The monoisotopic (exact) mass is 290 g/mol. The van der Waals surface area contributed by atoms with Crippen LogP contribution >= 0.6 is 0 Å². The Morgan fingerprint density at radius 2 is 1.71 bits per heavy atom. The van der Waals surface area contributed by atoms with Gasteiger partial charge in [0.05, 0.1) is 19.8 Å². The molecule has 2 aromatic carbocycles. The molecule has 21 heavy (non-hydrogen) atoms. The molecule has 0 saturated heterocycles. The van der Waals surface area contributed by atoms with Gasteiger partial charge < -0.3 is 14.6 Å². The molecule has 0 aromatic heterocycles. The van der Waals surface area contributed by atoms with Crippen LogP contribution in [0.2, 0.25) is 0 Å². The minimum atomic E-state index is -1.21. The van der Waals surface area contributed by atoms with E-state index in [1.807, 2.05) is 0 Å². The fourth-order valence-electron chi connectivity index (χ4n) is 2.29. The van der Waals surface area contributed by atoms with E-state index in [1.165, 1.54) is 13.2 Å². The molecule has 3 nitrogen and oxygen atoms in total. The molecule has 0 aliphatic rings. The van der Waals surface area contributed by atoms with E-state index in [9.17, 15) is 9.50 Å². The van der Waals surface area contributed by atoms with Crippen molar-refractivity contribution in [1.29, 1.82) is 0 Å². The second-order valence-corrected chi connectivity index (χ2v) is 5.11. The maximum atomic E-state index is 13.7. The third kappa shape index (κ3) is 3.34. The number of aliphatic hydroxyl groups is 1. The normalized spacial score (nSPS) is 13.6. The largest absolute Gasteiger partial charge is 0.493 e. The van der Waals surface area contributed by atoms with E-state index in [0.29, 0.717) is 22.6 Å². The molecular weight excluding hydrogens is 271 g/mol. The van der Waals surface area contributed by atoms with Gasteiger partial charge in [0.25, 0.3) is 0 Å². The summed E-state index contributed by atoms with van der Waals surface area (Å²) in [7, 11) is 3.09. The van der Waals surface area contributed by atoms with Crippen LogP contribution in [0.1, 0.15) is 18.1 Å². The Hall–Kier alpha value is -2.07. The number of hydrogen-bond donors (Lipinski definition) is 1. The Kier molecular flexibility index (Phi) is 4.48. The third-order valence-corrected chi connectivity index (χ3v) is 3.50. The van der Waals surface area contributed by atoms with E-state index in [4.69, 9.17) is 9.47 Å². The fraction of sp³-hybridized carbons (Fsp3) is 0.294. The first kappa shape index (κ1) is 15.3. The Labute approximate surface area is 124 Å². The predicted octanol–water partition coefficient (Wildman–Crippen LogP) is 3.29. The third-order valence-electron chi connectivity index (χ3n) is 3.50. The molecule has 0 radical (unpaired) electrons. The molecule has 0 amide bonds. The zero-order valence-electron chi connectivity index (χ0n) is 12.4. The van der Waals surface area contributed by atoms with Crippen LogP contribution in [-0.4, -0.2) is 19.3 Å². The van der Waals surface area contributed by atoms with E-state index < -0.39 is 5.60 Å². The van der Waals surface area contributed by atoms with Crippen LogP contribution in [0.5, 0.6) is 11.5 Å². The first-order valence-corrected chi connectivity index (χ1v) is 6.66. The standard InChI is InChI=1S/C17H19FO3/c1-17(19,11-12-6-4-5-7-14(12)18)13-8-9-15(20-2)16(10-13)21-3/h4-10,19H,11H2,1-3H3. The van der Waals surface area contributed by atoms with Gasteiger partial charge in [-0.1, -0.05) is 24.3 Å². The summed E-state index contributed by atoms with van der Waals surface area (Å²) in [5, 5.41) is 10.7. The Morgan fingerprint density at radius 1 is 1.05 bits per heavy atom. The van der Waals surface area contributed by atoms with Gasteiger partial charge in [0.2, 0.25) is 0 Å². The van der Waals surface area contributed by atoms with Gasteiger partial charge >= 0.3 is 0 Å². The van der Waals surface area contributed by atoms with Crippen molar-refractivity contribution in [3.05, 3.63) is 59.4 Å². The highest BCUT2D eigenvalue weighted by Crippen LogP contribution is 2.34. The average molecular weight is 290 g/mol. The molecule has 2 aromatic rings. The van der Waals surface area contributed by atoms with Crippen LogP contribution in [-0.2, 0) is 12.0 Å². The predicted molar refractivity (Wildman–Crippen MR) is 79.2 cm³/mol. The van der Waals surface area contributed by atoms with Crippen molar-refractivity contribution >= 4 is 0 Å².